The molecule has 32 valence electrons. The van der Waals surface area contributed by atoms with Crippen LogP contribution in [0, 0.1) is 0 Å². The molecule has 0 aromatic heterocycles. The van der Waals surface area contributed by atoms with Crippen LogP contribution in [0.4, 0.5) is 0 Å². The molecule has 0 aromatic carbocycles. The van der Waals surface area contributed by atoms with Crippen LogP contribution in [0.5, 0.6) is 0 Å². The summed E-state index contributed by atoms with van der Waals surface area (Å²) < 4.78 is 0. The van der Waals surface area contributed by atoms with Gasteiger partial charge in [-0.1, -0.05) is 0 Å². The second-order valence-corrected chi connectivity index (χ2v) is 1.71. The zero-order valence-electron chi connectivity index (χ0n) is 4.62. The van der Waals surface area contributed by atoms with Gasteiger partial charge in [-0.15, -0.1) is 0 Å². The van der Waals surface area contributed by atoms with Crippen molar-refractivity contribution in [1.82, 2.24) is 0 Å². The summed E-state index contributed by atoms with van der Waals surface area (Å²) >= 11 is 0. The monoisotopic (exact) mass is 80.1 g/mol. The van der Waals surface area contributed by atoms with Crippen molar-refractivity contribution in [2.24, 2.45) is 0 Å². The zero-order valence-corrected chi connectivity index (χ0v) is 4.62. The standard InChI is InChI=1S/C4H10B2/c1-3-6-4(2)5/h5-6H,3H2,1-2H3. The molecule has 0 N–H and O–H groups in total. The van der Waals surface area contributed by atoms with Crippen molar-refractivity contribution in [2.45, 2.75) is 20.2 Å². The van der Waals surface area contributed by atoms with E-state index >= 15 is 0 Å². The third kappa shape index (κ3) is 4.00. The minimum absolute atomic E-state index is 1.18. The average Bonchev–Trinajstić information content (AvgIpc) is 1.35. The van der Waals surface area contributed by atoms with E-state index in [1.807, 2.05) is 0 Å². The van der Waals surface area contributed by atoms with Gasteiger partial charge in [0.1, 0.15) is 0 Å². The average molecular weight is 79.7 g/mol. The van der Waals surface area contributed by atoms with Crippen LogP contribution in [0.3, 0.4) is 0 Å². The molecule has 0 spiro atoms. The third-order valence-corrected chi connectivity index (χ3v) is 0.677. The van der Waals surface area contributed by atoms with Crippen molar-refractivity contribution < 1.29 is 0 Å². The normalized spacial score (nSPS) is 7.50. The summed E-state index contributed by atoms with van der Waals surface area (Å²) in [5, 5.41) is 1.29. The zero-order chi connectivity index (χ0) is 4.99. The molecule has 0 amide bonds. The van der Waals surface area contributed by atoms with Gasteiger partial charge in [-0.25, -0.2) is 0 Å². The van der Waals surface area contributed by atoms with Gasteiger partial charge in [-0.3, -0.25) is 0 Å². The molecule has 0 atom stereocenters. The molecule has 0 heterocycles. The third-order valence-electron chi connectivity index (χ3n) is 0.677. The first-order valence-electron chi connectivity index (χ1n) is 2.41. The molecule has 0 unspecified atom stereocenters. The van der Waals surface area contributed by atoms with E-state index in [0.29, 0.717) is 0 Å². The van der Waals surface area contributed by atoms with Gasteiger partial charge < -0.3 is 0 Å². The Morgan fingerprint density at radius 2 is 2.33 bits per heavy atom. The van der Waals surface area contributed by atoms with Crippen LogP contribution in [-0.4, -0.2) is 20.1 Å². The van der Waals surface area contributed by atoms with Crippen LogP contribution >= 0.6 is 0 Å². The van der Waals surface area contributed by atoms with Crippen molar-refractivity contribution in [3.05, 3.63) is 0 Å². The molecular weight excluding hydrogens is 69.7 g/mol. The van der Waals surface area contributed by atoms with Gasteiger partial charge in [-0.05, 0) is 0 Å². The summed E-state index contributed by atoms with van der Waals surface area (Å²) in [6, 6.07) is 0. The topological polar surface area (TPSA) is 0 Å². The van der Waals surface area contributed by atoms with Gasteiger partial charge in [-0.2, -0.15) is 0 Å². The molecule has 0 aliphatic carbocycles. The number of hydrogen-bond donors (Lipinski definition) is 0. The van der Waals surface area contributed by atoms with Crippen molar-refractivity contribution in [2.75, 3.05) is 0 Å². The second-order valence-electron chi connectivity index (χ2n) is 1.71. The molecule has 6 heavy (non-hydrogen) atoms. The Balaban J connectivity index is 2.83. The molecule has 0 nitrogen and oxygen atoms in total. The molecule has 2 heteroatoms. The molecule has 0 bridgehead atoms. The Morgan fingerprint density at radius 1 is 1.83 bits per heavy atom. The molecule has 0 fully saturated rings. The summed E-state index contributed by atoms with van der Waals surface area (Å²) in [7, 11) is 4.93. The Labute approximate surface area is 41.3 Å². The first kappa shape index (κ1) is 6.00. The summed E-state index contributed by atoms with van der Waals surface area (Å²) in [4.78, 5) is 0. The van der Waals surface area contributed by atoms with Crippen molar-refractivity contribution in [3.63, 3.8) is 0 Å². The number of rotatable bonds is 2. The van der Waals surface area contributed by atoms with E-state index < -0.39 is 0 Å². The van der Waals surface area contributed by atoms with E-state index in [9.17, 15) is 0 Å². The van der Waals surface area contributed by atoms with Gasteiger partial charge in [0.05, 0.1) is 0 Å². The van der Waals surface area contributed by atoms with E-state index in [0.717, 1.165) is 0 Å². The van der Waals surface area contributed by atoms with Gasteiger partial charge >= 0.3 is 40.3 Å². The van der Waals surface area contributed by atoms with E-state index in [1.165, 1.54) is 19.0 Å². The van der Waals surface area contributed by atoms with E-state index in [1.54, 1.807) is 0 Å². The van der Waals surface area contributed by atoms with Gasteiger partial charge in [0, 0.05) is 0 Å². The molecule has 0 aliphatic rings. The SMILES string of the molecule is B=C(C)BCC. The van der Waals surface area contributed by atoms with Crippen molar-refractivity contribution >= 4 is 20.1 Å². The predicted octanol–water partition coefficient (Wildman–Crippen LogP) is -0.0883. The molecular formula is C4H10B2. The molecule has 0 aromatic rings. The van der Waals surface area contributed by atoms with Crippen LogP contribution in [0.25, 0.3) is 0 Å². The maximum absolute atomic E-state index is 3.74. The minimum atomic E-state index is 1.18. The summed E-state index contributed by atoms with van der Waals surface area (Å²) in [6.45, 7) is 4.22. The second kappa shape index (κ2) is 3.20. The Hall–Kier alpha value is -0.000130. The summed E-state index contributed by atoms with van der Waals surface area (Å²) in [5.41, 5.74) is 0. The quantitative estimate of drug-likeness (QED) is 0.406. The van der Waals surface area contributed by atoms with Crippen molar-refractivity contribution in [1.29, 1.82) is 0 Å². The first-order valence-corrected chi connectivity index (χ1v) is 2.41. The predicted molar refractivity (Wildman–Crippen MR) is 35.5 cm³/mol. The Kier molecular flexibility index (Phi) is 3.20. The molecule has 0 saturated heterocycles. The fourth-order valence-corrected chi connectivity index (χ4v) is 0.427. The summed E-state index contributed by atoms with van der Waals surface area (Å²) in [6.07, 6.45) is 1.23. The van der Waals surface area contributed by atoms with Crippen molar-refractivity contribution in [3.8, 4) is 0 Å². The Bertz CT molecular complexity index is 49.5. The molecule has 0 radical (unpaired) electrons. The fraction of sp³-hybridized carbons (Fsp3) is 0.750. The van der Waals surface area contributed by atoms with E-state index in [2.05, 4.69) is 21.3 Å². The Morgan fingerprint density at radius 3 is 2.33 bits per heavy atom. The van der Waals surface area contributed by atoms with Crippen LogP contribution in [-0.2, 0) is 0 Å². The van der Waals surface area contributed by atoms with Gasteiger partial charge in [0.15, 0.2) is 0 Å². The van der Waals surface area contributed by atoms with Crippen LogP contribution in [0.2, 0.25) is 6.32 Å². The van der Waals surface area contributed by atoms with E-state index in [-0.39, 0.29) is 0 Å². The number of hydrogen-bond acceptors (Lipinski definition) is 0. The van der Waals surface area contributed by atoms with E-state index in [4.69, 9.17) is 0 Å². The summed E-state index contributed by atoms with van der Waals surface area (Å²) in [5.74, 6) is 0. The van der Waals surface area contributed by atoms with Crippen LogP contribution in [0.15, 0.2) is 0 Å². The van der Waals surface area contributed by atoms with Crippen LogP contribution < -0.4 is 0 Å². The van der Waals surface area contributed by atoms with Gasteiger partial charge in [0.2, 0.25) is 0 Å². The molecule has 0 aliphatic heterocycles. The fourth-order valence-electron chi connectivity index (χ4n) is 0.427. The molecule has 0 saturated carbocycles. The first-order chi connectivity index (χ1) is 2.77. The maximum atomic E-state index is 3.74. The van der Waals surface area contributed by atoms with Gasteiger partial charge in [0.25, 0.3) is 0 Å². The molecule has 0 rings (SSSR count). The van der Waals surface area contributed by atoms with Crippen LogP contribution in [0.1, 0.15) is 13.8 Å².